The van der Waals surface area contributed by atoms with E-state index in [1.54, 1.807) is 0 Å². The van der Waals surface area contributed by atoms with Crippen molar-refractivity contribution in [3.63, 3.8) is 0 Å². The maximum absolute atomic E-state index is 10.5. The molecule has 1 atom stereocenters. The van der Waals surface area contributed by atoms with E-state index in [9.17, 15) is 9.90 Å². The van der Waals surface area contributed by atoms with Gasteiger partial charge in [0.05, 0.1) is 5.54 Å². The van der Waals surface area contributed by atoms with Gasteiger partial charge in [-0.2, -0.15) is 0 Å². The Bertz CT molecular complexity index is 200. The van der Waals surface area contributed by atoms with Crippen LogP contribution in [0.25, 0.3) is 0 Å². The van der Waals surface area contributed by atoms with Crippen LogP contribution in [0.5, 0.6) is 0 Å². The zero-order valence-corrected chi connectivity index (χ0v) is 7.73. The van der Waals surface area contributed by atoms with E-state index in [4.69, 9.17) is 10.8 Å². The summed E-state index contributed by atoms with van der Waals surface area (Å²) in [5, 5.41) is 18.0. The van der Waals surface area contributed by atoms with Crippen molar-refractivity contribution in [2.75, 3.05) is 20.1 Å². The van der Waals surface area contributed by atoms with Crippen LogP contribution in [0.1, 0.15) is 12.8 Å². The molecule has 0 aromatic carbocycles. The van der Waals surface area contributed by atoms with Gasteiger partial charge in [-0.25, -0.2) is 4.79 Å². The Balaban J connectivity index is 2.61. The first kappa shape index (κ1) is 10.4. The summed E-state index contributed by atoms with van der Waals surface area (Å²) in [6.07, 6.45) is -0.394. The first-order chi connectivity index (χ1) is 5.96. The third kappa shape index (κ3) is 2.18. The van der Waals surface area contributed by atoms with E-state index in [0.29, 0.717) is 12.8 Å². The molecule has 13 heavy (non-hydrogen) atoms. The minimum atomic E-state index is -1.44. The van der Waals surface area contributed by atoms with Gasteiger partial charge >= 0.3 is 5.97 Å². The van der Waals surface area contributed by atoms with Crippen LogP contribution >= 0.6 is 0 Å². The minimum absolute atomic E-state index is 0.525. The second kappa shape index (κ2) is 3.61. The minimum Gasteiger partial charge on any atom is -0.479 e. The summed E-state index contributed by atoms with van der Waals surface area (Å²) < 4.78 is 0. The van der Waals surface area contributed by atoms with Gasteiger partial charge in [0.25, 0.3) is 0 Å². The van der Waals surface area contributed by atoms with Crippen molar-refractivity contribution in [3.8, 4) is 0 Å². The molecule has 0 aromatic heterocycles. The number of hydrogen-bond acceptors (Lipinski definition) is 4. The smallest absolute Gasteiger partial charge is 0.334 e. The van der Waals surface area contributed by atoms with Gasteiger partial charge in [-0.1, -0.05) is 0 Å². The first-order valence-electron chi connectivity index (χ1n) is 4.34. The second-order valence-corrected chi connectivity index (χ2v) is 3.78. The summed E-state index contributed by atoms with van der Waals surface area (Å²) in [7, 11) is 1.95. The van der Waals surface area contributed by atoms with Gasteiger partial charge in [0.15, 0.2) is 6.10 Å². The number of aliphatic carboxylic acids is 1. The lowest BCUT2D eigenvalue weighted by atomic mass is 9.83. The molecule has 1 rings (SSSR count). The topological polar surface area (TPSA) is 86.8 Å². The number of aliphatic hydroxyl groups excluding tert-OH is 1. The summed E-state index contributed by atoms with van der Waals surface area (Å²) in [4.78, 5) is 12.6. The number of likely N-dealkylation sites (tertiary alicyclic amines) is 1. The molecule has 1 aliphatic rings. The van der Waals surface area contributed by atoms with Gasteiger partial charge in [0.1, 0.15) is 0 Å². The molecular formula is C8H16N2O3. The lowest BCUT2D eigenvalue weighted by molar-refractivity contribution is -0.151. The maximum Gasteiger partial charge on any atom is 0.334 e. The molecule has 1 unspecified atom stereocenters. The van der Waals surface area contributed by atoms with Crippen LogP contribution in [-0.4, -0.2) is 52.9 Å². The van der Waals surface area contributed by atoms with Crippen LogP contribution < -0.4 is 5.73 Å². The number of carboxylic acid groups (broad SMARTS) is 1. The normalized spacial score (nSPS) is 25.5. The highest BCUT2D eigenvalue weighted by atomic mass is 16.4. The molecule has 0 bridgehead atoms. The monoisotopic (exact) mass is 188 g/mol. The summed E-state index contributed by atoms with van der Waals surface area (Å²) in [6.45, 7) is 1.47. The fraction of sp³-hybridized carbons (Fsp3) is 0.875. The highest BCUT2D eigenvalue weighted by Gasteiger charge is 2.40. The Hall–Kier alpha value is -0.650. The van der Waals surface area contributed by atoms with Gasteiger partial charge < -0.3 is 20.8 Å². The Morgan fingerprint density at radius 2 is 2.00 bits per heavy atom. The Morgan fingerprint density at radius 1 is 1.54 bits per heavy atom. The number of piperidine rings is 1. The number of nitrogens with zero attached hydrogens (tertiary/aromatic N) is 1. The maximum atomic E-state index is 10.5. The number of hydrogen-bond donors (Lipinski definition) is 3. The molecule has 0 amide bonds. The first-order valence-corrected chi connectivity index (χ1v) is 4.34. The molecule has 0 spiro atoms. The van der Waals surface area contributed by atoms with Crippen molar-refractivity contribution in [2.45, 2.75) is 24.5 Å². The summed E-state index contributed by atoms with van der Waals surface area (Å²) in [5.74, 6) is -1.23. The Kier molecular flexibility index (Phi) is 2.90. The largest absolute Gasteiger partial charge is 0.479 e. The van der Waals surface area contributed by atoms with Gasteiger partial charge in [-0.3, -0.25) is 0 Å². The van der Waals surface area contributed by atoms with Crippen LogP contribution in [-0.2, 0) is 4.79 Å². The molecule has 1 aliphatic heterocycles. The molecule has 4 N–H and O–H groups in total. The molecule has 0 saturated carbocycles. The fourth-order valence-electron chi connectivity index (χ4n) is 1.55. The average molecular weight is 188 g/mol. The van der Waals surface area contributed by atoms with Crippen molar-refractivity contribution >= 4 is 5.97 Å². The van der Waals surface area contributed by atoms with E-state index in [1.807, 2.05) is 7.05 Å². The fourth-order valence-corrected chi connectivity index (χ4v) is 1.55. The van der Waals surface area contributed by atoms with E-state index in [0.717, 1.165) is 13.1 Å². The summed E-state index contributed by atoms with van der Waals surface area (Å²) in [5.41, 5.74) is 4.86. The molecule has 1 saturated heterocycles. The third-order valence-electron chi connectivity index (χ3n) is 2.70. The number of carbonyl (C=O) groups is 1. The summed E-state index contributed by atoms with van der Waals surface area (Å²) >= 11 is 0. The number of carboxylic acids is 1. The SMILES string of the molecule is CN1CCC(N)(C(O)C(=O)O)CC1. The van der Waals surface area contributed by atoms with Crippen molar-refractivity contribution in [1.82, 2.24) is 4.90 Å². The molecule has 1 fully saturated rings. The molecule has 76 valence electrons. The lowest BCUT2D eigenvalue weighted by Gasteiger charge is -2.39. The quantitative estimate of drug-likeness (QED) is 0.509. The molecular weight excluding hydrogens is 172 g/mol. The standard InChI is InChI=1S/C8H16N2O3/c1-10-4-2-8(9,3-5-10)6(11)7(12)13/h6,11H,2-5,9H2,1H3,(H,12,13). The highest BCUT2D eigenvalue weighted by Crippen LogP contribution is 2.22. The van der Waals surface area contributed by atoms with Crippen LogP contribution in [0.4, 0.5) is 0 Å². The Labute approximate surface area is 77.1 Å². The molecule has 0 radical (unpaired) electrons. The van der Waals surface area contributed by atoms with Crippen LogP contribution in [0, 0.1) is 0 Å². The zero-order valence-electron chi connectivity index (χ0n) is 7.73. The van der Waals surface area contributed by atoms with Crippen LogP contribution in [0.3, 0.4) is 0 Å². The molecule has 0 aliphatic carbocycles. The number of nitrogens with two attached hydrogens (primary N) is 1. The molecule has 5 nitrogen and oxygen atoms in total. The lowest BCUT2D eigenvalue weighted by Crippen LogP contribution is -2.59. The van der Waals surface area contributed by atoms with Crippen molar-refractivity contribution in [1.29, 1.82) is 0 Å². The van der Waals surface area contributed by atoms with Crippen LogP contribution in [0.2, 0.25) is 0 Å². The van der Waals surface area contributed by atoms with Crippen molar-refractivity contribution < 1.29 is 15.0 Å². The van der Waals surface area contributed by atoms with Crippen molar-refractivity contribution in [3.05, 3.63) is 0 Å². The third-order valence-corrected chi connectivity index (χ3v) is 2.70. The predicted octanol–water partition coefficient (Wildman–Crippen LogP) is -1.14. The summed E-state index contributed by atoms with van der Waals surface area (Å²) in [6, 6.07) is 0. The van der Waals surface area contributed by atoms with Gasteiger partial charge in [-0.05, 0) is 33.0 Å². The second-order valence-electron chi connectivity index (χ2n) is 3.78. The van der Waals surface area contributed by atoms with Crippen LogP contribution in [0.15, 0.2) is 0 Å². The number of rotatable bonds is 2. The van der Waals surface area contributed by atoms with Gasteiger partial charge in [-0.15, -0.1) is 0 Å². The van der Waals surface area contributed by atoms with E-state index >= 15 is 0 Å². The van der Waals surface area contributed by atoms with Crippen molar-refractivity contribution in [2.24, 2.45) is 5.73 Å². The number of aliphatic hydroxyl groups is 1. The zero-order chi connectivity index (χ0) is 10.1. The predicted molar refractivity (Wildman–Crippen MR) is 47.3 cm³/mol. The molecule has 5 heteroatoms. The van der Waals surface area contributed by atoms with Gasteiger partial charge in [0, 0.05) is 0 Å². The average Bonchev–Trinajstić information content (AvgIpc) is 2.09. The molecule has 0 aromatic rings. The highest BCUT2D eigenvalue weighted by molar-refractivity contribution is 5.73. The molecule has 1 heterocycles. The van der Waals surface area contributed by atoms with E-state index in [-0.39, 0.29) is 0 Å². The van der Waals surface area contributed by atoms with Gasteiger partial charge in [0.2, 0.25) is 0 Å². The van der Waals surface area contributed by atoms with E-state index < -0.39 is 17.6 Å². The van der Waals surface area contributed by atoms with E-state index in [2.05, 4.69) is 4.90 Å². The Morgan fingerprint density at radius 3 is 2.38 bits per heavy atom. The van der Waals surface area contributed by atoms with E-state index in [1.165, 1.54) is 0 Å².